The van der Waals surface area contributed by atoms with Crippen molar-refractivity contribution < 1.29 is 59.5 Å². The van der Waals surface area contributed by atoms with Crippen LogP contribution in [0.15, 0.2) is 0 Å². The minimum atomic E-state index is -2.26. The van der Waals surface area contributed by atoms with Gasteiger partial charge in [0.15, 0.2) is 12.4 Å². The molecule has 152 valence electrons. The van der Waals surface area contributed by atoms with E-state index in [2.05, 4.69) is 0 Å². The van der Waals surface area contributed by atoms with Crippen molar-refractivity contribution in [2.75, 3.05) is 19.8 Å². The lowest BCUT2D eigenvalue weighted by molar-refractivity contribution is -0.383. The Balaban J connectivity index is 2.23. The molecule has 0 radical (unpaired) electrons. The summed E-state index contributed by atoms with van der Waals surface area (Å²) >= 11 is 0. The summed E-state index contributed by atoms with van der Waals surface area (Å²) < 4.78 is 20.6. The molecule has 12 heteroatoms. The summed E-state index contributed by atoms with van der Waals surface area (Å²) in [6.45, 7) is -1.35. The van der Waals surface area contributed by atoms with E-state index in [1.165, 1.54) is 0 Å². The summed E-state index contributed by atoms with van der Waals surface area (Å²) in [5.41, 5.74) is 0. The molecule has 0 amide bonds. The van der Waals surface area contributed by atoms with Gasteiger partial charge in [0.2, 0.25) is 5.79 Å². The van der Waals surface area contributed by atoms with E-state index in [0.717, 1.165) is 6.92 Å². The number of aliphatic hydroxyl groups excluding tert-OH is 7. The monoisotopic (exact) mass is 384 g/mol. The van der Waals surface area contributed by atoms with Gasteiger partial charge in [-0.1, -0.05) is 0 Å². The number of aliphatic hydroxyl groups is 7. The second kappa shape index (κ2) is 8.39. The Bertz CT molecular complexity index is 489. The van der Waals surface area contributed by atoms with Gasteiger partial charge < -0.3 is 54.7 Å². The van der Waals surface area contributed by atoms with Crippen molar-refractivity contribution in [3.05, 3.63) is 0 Å². The molecule has 0 unspecified atom stereocenters. The van der Waals surface area contributed by atoms with E-state index < -0.39 is 80.6 Å². The Morgan fingerprint density at radius 2 is 1.62 bits per heavy atom. The van der Waals surface area contributed by atoms with Crippen LogP contribution < -0.4 is 0 Å². The van der Waals surface area contributed by atoms with E-state index in [0.29, 0.717) is 0 Å². The Hall–Kier alpha value is -0.930. The molecule has 0 aromatic heterocycles. The minimum Gasteiger partial charge on any atom is -0.457 e. The van der Waals surface area contributed by atoms with E-state index in [-0.39, 0.29) is 0 Å². The molecular formula is C14H24O12. The van der Waals surface area contributed by atoms with Crippen molar-refractivity contribution in [3.8, 4) is 0 Å². The zero-order valence-electron chi connectivity index (χ0n) is 13.9. The van der Waals surface area contributed by atoms with Gasteiger partial charge >= 0.3 is 5.97 Å². The second-order valence-electron chi connectivity index (χ2n) is 6.14. The molecule has 0 aromatic rings. The first-order chi connectivity index (χ1) is 12.2. The van der Waals surface area contributed by atoms with Gasteiger partial charge in [-0.05, 0) is 0 Å². The Morgan fingerprint density at radius 3 is 2.08 bits per heavy atom. The first kappa shape index (κ1) is 21.4. The zero-order valence-corrected chi connectivity index (χ0v) is 13.9. The van der Waals surface area contributed by atoms with Crippen molar-refractivity contribution in [3.63, 3.8) is 0 Å². The van der Waals surface area contributed by atoms with Crippen molar-refractivity contribution >= 4 is 5.97 Å². The van der Waals surface area contributed by atoms with E-state index in [9.17, 15) is 35.4 Å². The third-order valence-electron chi connectivity index (χ3n) is 4.35. The predicted molar refractivity (Wildman–Crippen MR) is 78.2 cm³/mol. The van der Waals surface area contributed by atoms with Crippen LogP contribution >= 0.6 is 0 Å². The van der Waals surface area contributed by atoms with Crippen LogP contribution in [0.25, 0.3) is 0 Å². The molecule has 2 aliphatic heterocycles. The molecule has 0 spiro atoms. The fourth-order valence-corrected chi connectivity index (χ4v) is 2.95. The number of esters is 1. The number of carbonyl (C=O) groups excluding carboxylic acids is 1. The molecule has 7 N–H and O–H groups in total. The summed E-state index contributed by atoms with van der Waals surface area (Å²) in [5, 5.41) is 68.4. The molecule has 2 heterocycles. The van der Waals surface area contributed by atoms with Crippen LogP contribution in [0.5, 0.6) is 0 Å². The lowest BCUT2D eigenvalue weighted by Crippen LogP contribution is -2.63. The standard InChI is InChI=1S/C14H24O12/c1-5(18)23-11-8(19)6(2-15)24-13(10(11)21)26-14(4-17)12(22)9(20)7(3-16)25-14/h6-13,15-17,19-22H,2-4H2,1H3/t6-,7-,8-,9-,10-,11+,12+,13-,14+/m1/s1. The lowest BCUT2D eigenvalue weighted by atomic mass is 9.98. The lowest BCUT2D eigenvalue weighted by Gasteiger charge is -2.44. The molecule has 9 atom stereocenters. The van der Waals surface area contributed by atoms with E-state index in [4.69, 9.17) is 24.1 Å². The van der Waals surface area contributed by atoms with Crippen molar-refractivity contribution in [1.29, 1.82) is 0 Å². The molecule has 2 aliphatic rings. The van der Waals surface area contributed by atoms with Crippen LogP contribution in [-0.4, -0.2) is 116 Å². The number of hydrogen-bond donors (Lipinski definition) is 7. The fraction of sp³-hybridized carbons (Fsp3) is 0.929. The van der Waals surface area contributed by atoms with Gasteiger partial charge in [0, 0.05) is 6.92 Å². The van der Waals surface area contributed by atoms with Gasteiger partial charge in [-0.3, -0.25) is 4.79 Å². The molecule has 0 saturated carbocycles. The fourth-order valence-electron chi connectivity index (χ4n) is 2.95. The molecule has 0 aliphatic carbocycles. The highest BCUT2D eigenvalue weighted by atomic mass is 16.8. The van der Waals surface area contributed by atoms with Crippen molar-refractivity contribution in [2.24, 2.45) is 0 Å². The quantitative estimate of drug-likeness (QED) is 0.216. The van der Waals surface area contributed by atoms with E-state index in [1.54, 1.807) is 0 Å². The zero-order chi connectivity index (χ0) is 19.6. The number of rotatable bonds is 6. The van der Waals surface area contributed by atoms with Gasteiger partial charge in [-0.25, -0.2) is 0 Å². The smallest absolute Gasteiger partial charge is 0.303 e. The third kappa shape index (κ3) is 3.84. The minimum absolute atomic E-state index is 0.689. The highest BCUT2D eigenvalue weighted by molar-refractivity contribution is 5.66. The largest absolute Gasteiger partial charge is 0.457 e. The molecule has 26 heavy (non-hydrogen) atoms. The number of ether oxygens (including phenoxy) is 4. The van der Waals surface area contributed by atoms with Crippen LogP contribution in [0.4, 0.5) is 0 Å². The molecule has 0 bridgehead atoms. The summed E-state index contributed by atoms with van der Waals surface area (Å²) in [6, 6.07) is 0. The van der Waals surface area contributed by atoms with Crippen molar-refractivity contribution in [2.45, 2.75) is 61.7 Å². The highest BCUT2D eigenvalue weighted by Crippen LogP contribution is 2.36. The SMILES string of the molecule is CC(=O)O[C@@H]1[C@@H](O)[C@@H](O[C@]2(CO)O[C@H](CO)[C@@H](O)[C@@H]2O)O[C@H](CO)[C@H]1O. The van der Waals surface area contributed by atoms with Crippen LogP contribution in [0.2, 0.25) is 0 Å². The van der Waals surface area contributed by atoms with Crippen LogP contribution in [0, 0.1) is 0 Å². The Kier molecular flexibility index (Phi) is 6.90. The summed E-state index contributed by atoms with van der Waals surface area (Å²) in [6.07, 6.45) is -12.6. The average molecular weight is 384 g/mol. The number of hydrogen-bond acceptors (Lipinski definition) is 12. The van der Waals surface area contributed by atoms with Crippen LogP contribution in [0.3, 0.4) is 0 Å². The molecular weight excluding hydrogens is 360 g/mol. The van der Waals surface area contributed by atoms with Gasteiger partial charge in [0.05, 0.1) is 13.2 Å². The van der Waals surface area contributed by atoms with Crippen molar-refractivity contribution in [1.82, 2.24) is 0 Å². The molecule has 2 saturated heterocycles. The average Bonchev–Trinajstić information content (AvgIpc) is 2.85. The van der Waals surface area contributed by atoms with Gasteiger partial charge in [0.25, 0.3) is 0 Å². The van der Waals surface area contributed by atoms with Crippen LogP contribution in [-0.2, 0) is 23.7 Å². The normalized spacial score (nSPS) is 46.3. The Labute approximate surface area is 148 Å². The van der Waals surface area contributed by atoms with E-state index in [1.807, 2.05) is 0 Å². The maximum absolute atomic E-state index is 11.2. The van der Waals surface area contributed by atoms with Gasteiger partial charge in [0.1, 0.15) is 43.2 Å². The van der Waals surface area contributed by atoms with E-state index >= 15 is 0 Å². The summed E-state index contributed by atoms with van der Waals surface area (Å²) in [4.78, 5) is 11.2. The Morgan fingerprint density at radius 1 is 1.00 bits per heavy atom. The van der Waals surface area contributed by atoms with Gasteiger partial charge in [-0.2, -0.15) is 0 Å². The maximum atomic E-state index is 11.2. The molecule has 12 nitrogen and oxygen atoms in total. The topological polar surface area (TPSA) is 196 Å². The number of carbonyl (C=O) groups is 1. The predicted octanol–water partition coefficient (Wildman–Crippen LogP) is -4.82. The second-order valence-corrected chi connectivity index (χ2v) is 6.14. The van der Waals surface area contributed by atoms with Crippen LogP contribution in [0.1, 0.15) is 6.92 Å². The maximum Gasteiger partial charge on any atom is 0.303 e. The van der Waals surface area contributed by atoms with Gasteiger partial charge in [-0.15, -0.1) is 0 Å². The summed E-state index contributed by atoms with van der Waals surface area (Å²) in [5.74, 6) is -3.09. The first-order valence-electron chi connectivity index (χ1n) is 7.94. The molecule has 2 rings (SSSR count). The molecule has 0 aromatic carbocycles. The molecule has 2 fully saturated rings. The highest BCUT2D eigenvalue weighted by Gasteiger charge is 2.58. The summed E-state index contributed by atoms with van der Waals surface area (Å²) in [7, 11) is 0. The first-order valence-corrected chi connectivity index (χ1v) is 7.94. The third-order valence-corrected chi connectivity index (χ3v) is 4.35.